The average molecular weight is 340 g/mol. The topological polar surface area (TPSA) is 91.7 Å². The molecule has 0 saturated heterocycles. The number of hydrogen-bond acceptors (Lipinski definition) is 3. The second-order valence-electron chi connectivity index (χ2n) is 6.38. The van der Waals surface area contributed by atoms with Crippen molar-refractivity contribution < 1.29 is 24.6 Å². The van der Waals surface area contributed by atoms with Crippen molar-refractivity contribution in [1.82, 2.24) is 0 Å². The van der Waals surface area contributed by atoms with E-state index in [1.807, 2.05) is 0 Å². The van der Waals surface area contributed by atoms with Gasteiger partial charge in [-0.25, -0.2) is 4.79 Å². The van der Waals surface area contributed by atoms with Crippen molar-refractivity contribution in [3.05, 3.63) is 5.57 Å². The molecule has 0 bridgehead atoms. The van der Waals surface area contributed by atoms with Crippen LogP contribution in [0.25, 0.3) is 0 Å². The van der Waals surface area contributed by atoms with Crippen molar-refractivity contribution in [2.45, 2.75) is 96.3 Å². The fraction of sp³-hybridized carbons (Fsp3) is 0.789. The molecule has 0 spiro atoms. The Morgan fingerprint density at radius 3 is 1.12 bits per heavy atom. The van der Waals surface area contributed by atoms with Crippen molar-refractivity contribution in [2.24, 2.45) is 0 Å². The highest BCUT2D eigenvalue weighted by molar-refractivity contribution is 5.66. The van der Waals surface area contributed by atoms with Crippen molar-refractivity contribution >= 4 is 17.9 Å². The van der Waals surface area contributed by atoms with Crippen LogP contribution < -0.4 is 0 Å². The second kappa shape index (κ2) is 16.3. The van der Waals surface area contributed by atoms with E-state index in [1.165, 1.54) is 0 Å². The first-order valence-electron chi connectivity index (χ1n) is 9.22. The third kappa shape index (κ3) is 16.8. The molecule has 138 valence electrons. The van der Waals surface area contributed by atoms with Crippen LogP contribution in [0.15, 0.2) is 5.57 Å². The minimum Gasteiger partial charge on any atom is -0.481 e. The second-order valence-corrected chi connectivity index (χ2v) is 6.38. The van der Waals surface area contributed by atoms with E-state index >= 15 is 0 Å². The minimum atomic E-state index is -0.733. The fourth-order valence-corrected chi connectivity index (χ4v) is 2.69. The van der Waals surface area contributed by atoms with Gasteiger partial charge in [0, 0.05) is 18.4 Å². The molecule has 24 heavy (non-hydrogen) atoms. The number of carbonyl (C=O) groups excluding carboxylic acids is 1. The zero-order chi connectivity index (χ0) is 18.0. The first-order valence-corrected chi connectivity index (χ1v) is 9.22. The van der Waals surface area contributed by atoms with Gasteiger partial charge in [0.05, 0.1) is 0 Å². The van der Waals surface area contributed by atoms with Gasteiger partial charge < -0.3 is 10.2 Å². The molecule has 0 aromatic rings. The lowest BCUT2D eigenvalue weighted by Gasteiger charge is -2.04. The lowest BCUT2D eigenvalue weighted by molar-refractivity contribution is -0.138. The zero-order valence-electron chi connectivity index (χ0n) is 14.7. The monoisotopic (exact) mass is 340 g/mol. The summed E-state index contributed by atoms with van der Waals surface area (Å²) in [7, 11) is 0. The molecule has 2 N–H and O–H groups in total. The lowest BCUT2D eigenvalue weighted by Crippen LogP contribution is -1.94. The Labute approximate surface area is 145 Å². The first-order chi connectivity index (χ1) is 11.6. The molecule has 0 rings (SSSR count). The van der Waals surface area contributed by atoms with Crippen LogP contribution in [0.4, 0.5) is 0 Å². The highest BCUT2D eigenvalue weighted by Crippen LogP contribution is 2.16. The lowest BCUT2D eigenvalue weighted by atomic mass is 10.0. The van der Waals surface area contributed by atoms with Crippen LogP contribution in [-0.2, 0) is 14.4 Å². The predicted octanol–water partition coefficient (Wildman–Crippen LogP) is 4.77. The van der Waals surface area contributed by atoms with E-state index in [1.54, 1.807) is 0 Å². The van der Waals surface area contributed by atoms with E-state index in [2.05, 4.69) is 5.94 Å². The van der Waals surface area contributed by atoms with Crippen LogP contribution in [0.5, 0.6) is 0 Å². The highest BCUT2D eigenvalue weighted by atomic mass is 16.4. The van der Waals surface area contributed by atoms with E-state index in [-0.39, 0.29) is 12.8 Å². The molecule has 0 fully saturated rings. The van der Waals surface area contributed by atoms with E-state index in [9.17, 15) is 14.4 Å². The van der Waals surface area contributed by atoms with Crippen LogP contribution >= 0.6 is 0 Å². The van der Waals surface area contributed by atoms with Gasteiger partial charge in [-0.05, 0) is 38.5 Å². The fourth-order valence-electron chi connectivity index (χ4n) is 2.69. The summed E-state index contributed by atoms with van der Waals surface area (Å²) in [6.45, 7) is 0. The first kappa shape index (κ1) is 22.4. The maximum atomic E-state index is 10.9. The number of rotatable bonds is 17. The van der Waals surface area contributed by atoms with Crippen LogP contribution in [0.1, 0.15) is 96.3 Å². The SMILES string of the molecule is O=C=C(CCCCCCCCC(=O)O)CCCCCCCC(=O)O. The summed E-state index contributed by atoms with van der Waals surface area (Å²) in [5, 5.41) is 17.1. The van der Waals surface area contributed by atoms with Crippen LogP contribution in [0.2, 0.25) is 0 Å². The molecule has 0 radical (unpaired) electrons. The van der Waals surface area contributed by atoms with E-state index in [0.29, 0.717) is 0 Å². The van der Waals surface area contributed by atoms with Crippen LogP contribution in [0.3, 0.4) is 0 Å². The number of hydrogen-bond donors (Lipinski definition) is 2. The van der Waals surface area contributed by atoms with Gasteiger partial charge in [0.15, 0.2) is 0 Å². The Balaban J connectivity index is 3.43. The molecule has 0 atom stereocenters. The van der Waals surface area contributed by atoms with E-state index in [0.717, 1.165) is 89.0 Å². The minimum absolute atomic E-state index is 0.246. The molecule has 0 amide bonds. The summed E-state index contributed by atoms with van der Waals surface area (Å²) in [5.41, 5.74) is 0.867. The molecular weight excluding hydrogens is 308 g/mol. The number of allylic oxidation sites excluding steroid dienone is 1. The quantitative estimate of drug-likeness (QED) is 0.294. The van der Waals surface area contributed by atoms with Crippen molar-refractivity contribution in [3.63, 3.8) is 0 Å². The zero-order valence-corrected chi connectivity index (χ0v) is 14.7. The van der Waals surface area contributed by atoms with E-state index in [4.69, 9.17) is 10.2 Å². The highest BCUT2D eigenvalue weighted by Gasteiger charge is 2.01. The molecule has 5 heteroatoms. The molecule has 0 aromatic heterocycles. The summed E-state index contributed by atoms with van der Waals surface area (Å²) in [6.07, 6.45) is 12.8. The molecule has 0 saturated carbocycles. The smallest absolute Gasteiger partial charge is 0.303 e. The summed E-state index contributed by atoms with van der Waals surface area (Å²) in [6, 6.07) is 0. The maximum Gasteiger partial charge on any atom is 0.303 e. The van der Waals surface area contributed by atoms with Gasteiger partial charge in [-0.3, -0.25) is 9.59 Å². The van der Waals surface area contributed by atoms with Crippen molar-refractivity contribution in [2.75, 3.05) is 0 Å². The third-order valence-electron chi connectivity index (χ3n) is 4.13. The van der Waals surface area contributed by atoms with Gasteiger partial charge in [-0.15, -0.1) is 0 Å². The predicted molar refractivity (Wildman–Crippen MR) is 93.7 cm³/mol. The van der Waals surface area contributed by atoms with Gasteiger partial charge in [0.1, 0.15) is 5.94 Å². The largest absolute Gasteiger partial charge is 0.481 e. The Bertz CT molecular complexity index is 397. The Morgan fingerprint density at radius 1 is 0.542 bits per heavy atom. The Hall–Kier alpha value is -1.61. The van der Waals surface area contributed by atoms with E-state index < -0.39 is 11.9 Å². The van der Waals surface area contributed by atoms with Gasteiger partial charge in [0.2, 0.25) is 0 Å². The van der Waals surface area contributed by atoms with Gasteiger partial charge in [-0.2, -0.15) is 0 Å². The number of carboxylic acids is 2. The van der Waals surface area contributed by atoms with Crippen LogP contribution in [0, 0.1) is 0 Å². The van der Waals surface area contributed by atoms with Gasteiger partial charge in [0.25, 0.3) is 0 Å². The Morgan fingerprint density at radius 2 is 0.833 bits per heavy atom. The molecule has 0 aromatic carbocycles. The standard InChI is InChI=1S/C19H32O5/c20-16-17(13-9-5-3-7-11-15-19(23)24)12-8-4-1-2-6-10-14-18(21)22/h1-15H2,(H,21,22)(H,23,24). The normalized spacial score (nSPS) is 10.3. The number of aliphatic carboxylic acids is 2. The van der Waals surface area contributed by atoms with Crippen LogP contribution in [-0.4, -0.2) is 28.1 Å². The number of carbonyl (C=O) groups is 2. The number of unbranched alkanes of at least 4 members (excludes halogenated alkanes) is 9. The summed E-state index contributed by atoms with van der Waals surface area (Å²) in [4.78, 5) is 31.7. The molecule has 0 heterocycles. The van der Waals surface area contributed by atoms with Gasteiger partial charge >= 0.3 is 11.9 Å². The molecule has 5 nitrogen and oxygen atoms in total. The molecule has 0 aliphatic heterocycles. The molecule has 0 aliphatic rings. The molecular formula is C19H32O5. The third-order valence-corrected chi connectivity index (χ3v) is 4.13. The van der Waals surface area contributed by atoms with Crippen molar-refractivity contribution in [1.29, 1.82) is 0 Å². The van der Waals surface area contributed by atoms with Crippen molar-refractivity contribution in [3.8, 4) is 0 Å². The molecule has 0 unspecified atom stereocenters. The van der Waals surface area contributed by atoms with Gasteiger partial charge in [-0.1, -0.05) is 44.9 Å². The Kier molecular flexibility index (Phi) is 15.2. The summed E-state index contributed by atoms with van der Waals surface area (Å²) < 4.78 is 0. The summed E-state index contributed by atoms with van der Waals surface area (Å²) in [5.74, 6) is 0.609. The maximum absolute atomic E-state index is 10.9. The molecule has 0 aliphatic carbocycles. The average Bonchev–Trinajstić information content (AvgIpc) is 2.53. The number of carboxylic acid groups (broad SMARTS) is 2. The summed E-state index contributed by atoms with van der Waals surface area (Å²) >= 11 is 0.